The zero-order chi connectivity index (χ0) is 20.4. The van der Waals surface area contributed by atoms with Crippen molar-refractivity contribution >= 4 is 15.9 Å². The van der Waals surface area contributed by atoms with E-state index in [4.69, 9.17) is 9.47 Å². The van der Waals surface area contributed by atoms with Crippen LogP contribution in [0.2, 0.25) is 0 Å². The molecule has 1 amide bonds. The number of hydrogen-bond donors (Lipinski definition) is 1. The van der Waals surface area contributed by atoms with Crippen LogP contribution >= 0.6 is 0 Å². The Hall–Kier alpha value is -1.78. The second kappa shape index (κ2) is 8.53. The van der Waals surface area contributed by atoms with E-state index in [0.717, 1.165) is 44.1 Å². The minimum Gasteiger partial charge on any atom is -0.466 e. The van der Waals surface area contributed by atoms with E-state index in [2.05, 4.69) is 14.7 Å². The van der Waals surface area contributed by atoms with Gasteiger partial charge in [-0.25, -0.2) is 18.1 Å². The van der Waals surface area contributed by atoms with E-state index in [0.29, 0.717) is 25.5 Å². The topological polar surface area (TPSA) is 111 Å². The Morgan fingerprint density at radius 3 is 2.66 bits per heavy atom. The average Bonchev–Trinajstić information content (AvgIpc) is 2.71. The molecule has 29 heavy (non-hydrogen) atoms. The Morgan fingerprint density at radius 1 is 1.14 bits per heavy atom. The number of carbonyl (C=O) groups excluding carboxylic acids is 1. The van der Waals surface area contributed by atoms with E-state index >= 15 is 0 Å². The lowest BCUT2D eigenvalue weighted by molar-refractivity contribution is -0.140. The molecule has 0 radical (unpaired) electrons. The van der Waals surface area contributed by atoms with Gasteiger partial charge in [0, 0.05) is 30.9 Å². The maximum Gasteiger partial charge on any atom is 0.260 e. The number of carbonyl (C=O) groups is 1. The third-order valence-electron chi connectivity index (χ3n) is 6.05. The molecule has 4 heterocycles. The van der Waals surface area contributed by atoms with Crippen LogP contribution < -0.4 is 9.46 Å². The van der Waals surface area contributed by atoms with Gasteiger partial charge in [0.25, 0.3) is 5.91 Å². The van der Waals surface area contributed by atoms with Crippen LogP contribution in [0.4, 0.5) is 0 Å². The normalized spacial score (nSPS) is 30.9. The first-order chi connectivity index (χ1) is 13.9. The van der Waals surface area contributed by atoms with E-state index in [1.165, 1.54) is 0 Å². The predicted molar refractivity (Wildman–Crippen MR) is 105 cm³/mol. The molecule has 2 bridgehead atoms. The number of amides is 1. The molecule has 1 aromatic rings. The lowest BCUT2D eigenvalue weighted by Crippen LogP contribution is -2.59. The van der Waals surface area contributed by atoms with Gasteiger partial charge < -0.3 is 14.4 Å². The quantitative estimate of drug-likeness (QED) is 0.748. The largest absolute Gasteiger partial charge is 0.466 e. The van der Waals surface area contributed by atoms with Crippen LogP contribution in [0.3, 0.4) is 0 Å². The van der Waals surface area contributed by atoms with E-state index in [1.54, 1.807) is 17.3 Å². The Kier molecular flexibility index (Phi) is 6.03. The zero-order valence-corrected chi connectivity index (χ0v) is 17.4. The summed E-state index contributed by atoms with van der Waals surface area (Å²) in [6, 6.07) is -0.717. The van der Waals surface area contributed by atoms with Crippen LogP contribution in [0.25, 0.3) is 0 Å². The van der Waals surface area contributed by atoms with Crippen LogP contribution in [0.1, 0.15) is 50.1 Å². The van der Waals surface area contributed by atoms with Crippen molar-refractivity contribution in [2.75, 3.05) is 26.0 Å². The molecule has 2 atom stereocenters. The van der Waals surface area contributed by atoms with Crippen LogP contribution in [0.5, 0.6) is 5.88 Å². The Bertz CT molecular complexity index is 841. The van der Waals surface area contributed by atoms with E-state index in [9.17, 15) is 13.2 Å². The Labute approximate surface area is 171 Å². The number of sulfonamides is 1. The molecule has 1 saturated heterocycles. The van der Waals surface area contributed by atoms with Gasteiger partial charge in [-0.3, -0.25) is 9.78 Å². The summed E-state index contributed by atoms with van der Waals surface area (Å²) < 4.78 is 38.4. The third kappa shape index (κ3) is 4.87. The van der Waals surface area contributed by atoms with Crippen molar-refractivity contribution in [1.82, 2.24) is 19.6 Å². The summed E-state index contributed by atoms with van der Waals surface area (Å²) >= 11 is 0. The highest BCUT2D eigenvalue weighted by molar-refractivity contribution is 7.88. The molecule has 10 heteroatoms. The predicted octanol–water partition coefficient (Wildman–Crippen LogP) is 0.821. The van der Waals surface area contributed by atoms with Gasteiger partial charge in [0.2, 0.25) is 15.9 Å². The van der Waals surface area contributed by atoms with Crippen molar-refractivity contribution in [1.29, 1.82) is 0 Å². The SMILES string of the molecule is CS(=O)(=O)N[C@H]1CCCN2C(=O)COc3nccnc3[C@H]3CC[C@H](CC3)OC[C@@H]12. The minimum absolute atomic E-state index is 0.103. The molecule has 5 rings (SSSR count). The molecule has 4 aliphatic rings. The van der Waals surface area contributed by atoms with Crippen molar-refractivity contribution in [2.24, 2.45) is 0 Å². The summed E-state index contributed by atoms with van der Waals surface area (Å²) in [5.74, 6) is 0.474. The lowest BCUT2D eigenvalue weighted by Gasteiger charge is -2.41. The van der Waals surface area contributed by atoms with Crippen molar-refractivity contribution in [2.45, 2.75) is 62.6 Å². The number of fused-ring (bicyclic) bond motifs is 5. The summed E-state index contributed by atoms with van der Waals surface area (Å²) in [6.45, 7) is 0.723. The third-order valence-corrected chi connectivity index (χ3v) is 6.78. The highest BCUT2D eigenvalue weighted by atomic mass is 32.2. The fourth-order valence-electron chi connectivity index (χ4n) is 4.66. The van der Waals surface area contributed by atoms with Crippen LogP contribution in [0, 0.1) is 0 Å². The molecule has 0 unspecified atom stereocenters. The molecule has 1 aliphatic carbocycles. The molecular weight excluding hydrogens is 396 g/mol. The minimum atomic E-state index is -3.39. The number of ether oxygens (including phenoxy) is 2. The first kappa shape index (κ1) is 20.5. The Morgan fingerprint density at radius 2 is 1.90 bits per heavy atom. The molecule has 9 nitrogen and oxygen atoms in total. The van der Waals surface area contributed by atoms with Gasteiger partial charge in [0.15, 0.2) is 6.61 Å². The first-order valence-electron chi connectivity index (χ1n) is 10.2. The second-order valence-corrected chi connectivity index (χ2v) is 9.92. The fraction of sp³-hybridized carbons (Fsp3) is 0.737. The number of hydrogen-bond acceptors (Lipinski definition) is 7. The summed E-state index contributed by atoms with van der Waals surface area (Å²) in [7, 11) is -3.39. The van der Waals surface area contributed by atoms with E-state index in [-0.39, 0.29) is 36.6 Å². The van der Waals surface area contributed by atoms with Gasteiger partial charge in [0.1, 0.15) is 5.69 Å². The number of piperidine rings is 1. The van der Waals surface area contributed by atoms with Crippen LogP contribution in [0.15, 0.2) is 12.4 Å². The molecule has 0 spiro atoms. The number of nitrogens with zero attached hydrogens (tertiary/aromatic N) is 3. The number of aromatic nitrogens is 2. The summed E-state index contributed by atoms with van der Waals surface area (Å²) in [6.07, 6.45) is 9.51. The summed E-state index contributed by atoms with van der Waals surface area (Å²) in [5, 5.41) is 0. The molecule has 1 N–H and O–H groups in total. The molecule has 2 fully saturated rings. The maximum absolute atomic E-state index is 13.0. The highest BCUT2D eigenvalue weighted by Crippen LogP contribution is 2.37. The second-order valence-electron chi connectivity index (χ2n) is 8.14. The van der Waals surface area contributed by atoms with Crippen LogP contribution in [-0.2, 0) is 19.6 Å². The standard InChI is InChI=1S/C19H28N4O5S/c1-29(25,26)22-15-3-2-10-23-16(15)11-27-14-6-4-13(5-7-14)18-19(21-9-8-20-18)28-12-17(23)24/h8-9,13-16,22H,2-7,10-12H2,1H3/t13-,14+,15-,16-/m0/s1. The van der Waals surface area contributed by atoms with Gasteiger partial charge >= 0.3 is 0 Å². The van der Waals surface area contributed by atoms with Crippen molar-refractivity contribution in [3.8, 4) is 5.88 Å². The first-order valence-corrected chi connectivity index (χ1v) is 12.1. The van der Waals surface area contributed by atoms with Crippen molar-refractivity contribution < 1.29 is 22.7 Å². The molecule has 0 aromatic carbocycles. The van der Waals surface area contributed by atoms with Crippen molar-refractivity contribution in [3.05, 3.63) is 18.1 Å². The van der Waals surface area contributed by atoms with E-state index in [1.807, 2.05) is 0 Å². The fourth-order valence-corrected chi connectivity index (χ4v) is 5.49. The molecular formula is C19H28N4O5S. The lowest BCUT2D eigenvalue weighted by atomic mass is 9.85. The highest BCUT2D eigenvalue weighted by Gasteiger charge is 2.38. The van der Waals surface area contributed by atoms with Crippen LogP contribution in [-0.4, -0.2) is 73.4 Å². The molecule has 160 valence electrons. The van der Waals surface area contributed by atoms with Gasteiger partial charge in [-0.2, -0.15) is 0 Å². The van der Waals surface area contributed by atoms with Gasteiger partial charge in [-0.1, -0.05) is 0 Å². The monoisotopic (exact) mass is 424 g/mol. The summed E-state index contributed by atoms with van der Waals surface area (Å²) in [4.78, 5) is 23.5. The number of rotatable bonds is 2. The Balaban J connectivity index is 1.61. The van der Waals surface area contributed by atoms with Gasteiger partial charge in [-0.05, 0) is 38.5 Å². The van der Waals surface area contributed by atoms with E-state index < -0.39 is 10.0 Å². The van der Waals surface area contributed by atoms with Crippen molar-refractivity contribution in [3.63, 3.8) is 0 Å². The summed E-state index contributed by atoms with van der Waals surface area (Å²) in [5.41, 5.74) is 0.810. The smallest absolute Gasteiger partial charge is 0.260 e. The number of nitrogens with one attached hydrogen (secondary N) is 1. The average molecular weight is 425 g/mol. The molecule has 1 aromatic heterocycles. The molecule has 3 aliphatic heterocycles. The zero-order valence-electron chi connectivity index (χ0n) is 16.6. The maximum atomic E-state index is 13.0. The van der Waals surface area contributed by atoms with Gasteiger partial charge in [0.05, 0.1) is 25.0 Å². The van der Waals surface area contributed by atoms with Gasteiger partial charge in [-0.15, -0.1) is 0 Å². The molecule has 1 saturated carbocycles.